The van der Waals surface area contributed by atoms with E-state index < -0.39 is 108 Å². The van der Waals surface area contributed by atoms with Crippen molar-refractivity contribution in [3.8, 4) is 0 Å². The third-order valence-corrected chi connectivity index (χ3v) is 13.8. The maximum absolute atomic E-state index is 13.4. The van der Waals surface area contributed by atoms with Crippen molar-refractivity contribution >= 4 is 40.0 Å². The monoisotopic (exact) mass is 795 g/mol. The molecule has 0 spiro atoms. The van der Waals surface area contributed by atoms with Crippen molar-refractivity contribution in [2.24, 2.45) is 10.2 Å². The van der Waals surface area contributed by atoms with Gasteiger partial charge in [-0.1, -0.05) is 37.9 Å². The first-order valence-electron chi connectivity index (χ1n) is 16.5. The molecule has 2 fully saturated rings. The van der Waals surface area contributed by atoms with Crippen LogP contribution in [0.25, 0.3) is 20.9 Å². The Labute approximate surface area is 307 Å². The van der Waals surface area contributed by atoms with Crippen molar-refractivity contribution in [1.82, 2.24) is 0 Å². The van der Waals surface area contributed by atoms with E-state index in [-0.39, 0.29) is 18.3 Å². The van der Waals surface area contributed by atoms with Gasteiger partial charge in [-0.05, 0) is 35.6 Å². The van der Waals surface area contributed by atoms with Crippen LogP contribution < -0.4 is 4.89 Å². The highest BCUT2D eigenvalue weighted by atomic mass is 31.2. The minimum atomic E-state index is -5.57. The van der Waals surface area contributed by atoms with E-state index in [4.69, 9.17) is 46.6 Å². The molecule has 11 atom stereocenters. The minimum absolute atomic E-state index is 0.0713. The Morgan fingerprint density at radius 2 is 1.19 bits per heavy atom. The molecule has 2 rings (SSSR count). The second-order valence-electron chi connectivity index (χ2n) is 13.6. The van der Waals surface area contributed by atoms with Crippen molar-refractivity contribution in [3.05, 3.63) is 20.9 Å². The molecule has 2 aliphatic rings. The first kappa shape index (κ1) is 45.8. The maximum Gasteiger partial charge on any atom is 0.303 e. The lowest BCUT2D eigenvalue weighted by atomic mass is 9.97. The van der Waals surface area contributed by atoms with E-state index in [1.807, 2.05) is 33.9 Å². The topological polar surface area (TPSA) is 298 Å². The number of phosphoric ester groups is 1. The lowest BCUT2D eigenvalue weighted by Gasteiger charge is -2.46. The van der Waals surface area contributed by atoms with Crippen LogP contribution in [0.1, 0.15) is 61.8 Å². The van der Waals surface area contributed by atoms with Crippen molar-refractivity contribution in [2.75, 3.05) is 19.8 Å². The molecule has 2 aliphatic heterocycles. The van der Waals surface area contributed by atoms with Crippen LogP contribution in [0.2, 0.25) is 18.1 Å². The van der Waals surface area contributed by atoms with Gasteiger partial charge in [0.2, 0.25) is 0 Å². The van der Waals surface area contributed by atoms with E-state index in [9.17, 15) is 39.7 Å². The Morgan fingerprint density at radius 1 is 0.774 bits per heavy atom. The molecule has 0 saturated carbocycles. The van der Waals surface area contributed by atoms with Gasteiger partial charge in [-0.2, -0.15) is 0 Å². The lowest BCUT2D eigenvalue weighted by molar-refractivity contribution is -0.292. The molecule has 24 heteroatoms. The SMILES string of the molecule is CCCO[C@@H]1OC(COP(=O)([O-])O[C@@H]2OC(CO[Si](C)(C)C(C)(C)C)[C@H](OC(C)=O)[C@H](OC(C)=O)C2N=[N+]=[N-])[C@H](OC(C)=O)[C@H](OC(C)=O)C1N=[N+]=[N-]. The predicted octanol–water partition coefficient (Wildman–Crippen LogP) is 3.47. The summed E-state index contributed by atoms with van der Waals surface area (Å²) in [6.45, 7) is 14.5. The highest BCUT2D eigenvalue weighted by molar-refractivity contribution is 7.45. The summed E-state index contributed by atoms with van der Waals surface area (Å²) < 4.78 is 69.0. The van der Waals surface area contributed by atoms with Crippen molar-refractivity contribution in [1.29, 1.82) is 0 Å². The van der Waals surface area contributed by atoms with Gasteiger partial charge in [0.15, 0.2) is 45.3 Å². The number of esters is 4. The van der Waals surface area contributed by atoms with Crippen LogP contribution in [0.3, 0.4) is 0 Å². The number of ether oxygens (including phenoxy) is 7. The van der Waals surface area contributed by atoms with Gasteiger partial charge in [0, 0.05) is 44.1 Å². The van der Waals surface area contributed by atoms with Crippen molar-refractivity contribution < 1.29 is 75.3 Å². The Hall–Kier alpha value is -3.33. The molecule has 22 nitrogen and oxygen atoms in total. The molecule has 0 aliphatic carbocycles. The van der Waals surface area contributed by atoms with Crippen LogP contribution >= 0.6 is 7.82 Å². The summed E-state index contributed by atoms with van der Waals surface area (Å²) in [5.74, 6) is -3.48. The van der Waals surface area contributed by atoms with Gasteiger partial charge in [0.25, 0.3) is 7.82 Å². The number of carbonyl (C=O) groups is 4. The Kier molecular flexibility index (Phi) is 17.1. The third-order valence-electron chi connectivity index (χ3n) is 8.34. The molecule has 0 aromatic heterocycles. The first-order valence-corrected chi connectivity index (χ1v) is 20.9. The quantitative estimate of drug-likeness (QED) is 0.0387. The number of rotatable bonds is 17. The van der Waals surface area contributed by atoms with Crippen LogP contribution in [0.5, 0.6) is 0 Å². The molecule has 2 saturated heterocycles. The van der Waals surface area contributed by atoms with Crippen LogP contribution in [0, 0.1) is 0 Å². The Morgan fingerprint density at radius 3 is 1.60 bits per heavy atom. The zero-order valence-corrected chi connectivity index (χ0v) is 33.2. The van der Waals surface area contributed by atoms with Gasteiger partial charge < -0.3 is 47.0 Å². The molecule has 5 unspecified atom stereocenters. The molecule has 0 aromatic carbocycles. The zero-order chi connectivity index (χ0) is 40.3. The fraction of sp³-hybridized carbons (Fsp3) is 0.862. The normalized spacial score (nSPS) is 30.0. The highest BCUT2D eigenvalue weighted by Gasteiger charge is 2.53. The van der Waals surface area contributed by atoms with Crippen LogP contribution in [-0.2, 0) is 70.4 Å². The molecule has 0 radical (unpaired) electrons. The number of hydrogen-bond donors (Lipinski definition) is 0. The molecule has 0 aromatic rings. The summed E-state index contributed by atoms with van der Waals surface area (Å²) in [5, 5.41) is 6.86. The minimum Gasteiger partial charge on any atom is -0.756 e. The summed E-state index contributed by atoms with van der Waals surface area (Å²) in [6.07, 6.45) is -12.0. The summed E-state index contributed by atoms with van der Waals surface area (Å²) in [7, 11) is -8.08. The number of hydrogen-bond acceptors (Lipinski definition) is 18. The first-order chi connectivity index (χ1) is 24.6. The summed E-state index contributed by atoms with van der Waals surface area (Å²) >= 11 is 0. The van der Waals surface area contributed by atoms with Crippen LogP contribution in [-0.4, -0.2) is 113 Å². The second kappa shape index (κ2) is 19.8. The molecule has 0 N–H and O–H groups in total. The van der Waals surface area contributed by atoms with E-state index in [0.29, 0.717) is 6.42 Å². The van der Waals surface area contributed by atoms with Gasteiger partial charge in [0.05, 0.1) is 13.2 Å². The molecule has 0 amide bonds. The average Bonchev–Trinajstić information content (AvgIpc) is 3.02. The summed E-state index contributed by atoms with van der Waals surface area (Å²) in [4.78, 5) is 67.5. The van der Waals surface area contributed by atoms with Crippen LogP contribution in [0.15, 0.2) is 10.2 Å². The van der Waals surface area contributed by atoms with E-state index >= 15 is 0 Å². The Balaban J connectivity index is 2.51. The van der Waals surface area contributed by atoms with Gasteiger partial charge in [-0.15, -0.1) is 0 Å². The maximum atomic E-state index is 13.4. The molecule has 0 bridgehead atoms. The fourth-order valence-electron chi connectivity index (χ4n) is 5.02. The molecular weight excluding hydrogens is 747 g/mol. The summed E-state index contributed by atoms with van der Waals surface area (Å²) in [5.41, 5.74) is 18.6. The molecule has 300 valence electrons. The van der Waals surface area contributed by atoms with Gasteiger partial charge in [-0.3, -0.25) is 28.3 Å². The second-order valence-corrected chi connectivity index (χ2v) is 19.7. The summed E-state index contributed by atoms with van der Waals surface area (Å²) in [6, 6.07) is -3.13. The van der Waals surface area contributed by atoms with E-state index in [1.165, 1.54) is 0 Å². The standard InChI is InChI=1S/C29H49N6O16PSi/c1-11-12-42-27-21(32-34-30)25(47-17(4)38)23(45-15(2)36)19(49-27)13-43-52(40,41)51-28-22(33-35-31)26(48-18(5)39)24(46-16(3)37)20(50-28)14-44-53(9,10)29(6,7)8/h19-28H,11-14H2,1-10H3,(H,40,41)/p-1/t19?,20?,21?,22?,23-,24-,25+,26+,27+,28-/m0/s1. The smallest absolute Gasteiger partial charge is 0.303 e. The molecule has 53 heavy (non-hydrogen) atoms. The number of phosphoric acid groups is 1. The van der Waals surface area contributed by atoms with Crippen molar-refractivity contribution in [2.45, 2.75) is 141 Å². The van der Waals surface area contributed by atoms with Gasteiger partial charge in [0.1, 0.15) is 24.3 Å². The lowest BCUT2D eigenvalue weighted by Crippen LogP contribution is -2.62. The number of azide groups is 2. The van der Waals surface area contributed by atoms with Gasteiger partial charge in [-0.25, -0.2) is 0 Å². The largest absolute Gasteiger partial charge is 0.756 e. The zero-order valence-electron chi connectivity index (χ0n) is 31.3. The fourth-order valence-corrected chi connectivity index (χ4v) is 6.86. The van der Waals surface area contributed by atoms with E-state index in [2.05, 4.69) is 20.1 Å². The highest BCUT2D eigenvalue weighted by Crippen LogP contribution is 2.45. The van der Waals surface area contributed by atoms with E-state index in [0.717, 1.165) is 27.7 Å². The number of carbonyl (C=O) groups excluding carboxylic acids is 4. The van der Waals surface area contributed by atoms with Gasteiger partial charge >= 0.3 is 23.9 Å². The van der Waals surface area contributed by atoms with Crippen molar-refractivity contribution in [3.63, 3.8) is 0 Å². The number of nitrogens with zero attached hydrogens (tertiary/aromatic N) is 6. The third kappa shape index (κ3) is 13.5. The Bertz CT molecular complexity index is 1450. The van der Waals surface area contributed by atoms with E-state index in [1.54, 1.807) is 6.92 Å². The average molecular weight is 796 g/mol. The molecule has 2 heterocycles. The molecular formula is C29H48N6O16PSi-. The van der Waals surface area contributed by atoms with Crippen LogP contribution in [0.4, 0.5) is 0 Å². The predicted molar refractivity (Wildman–Crippen MR) is 179 cm³/mol.